The van der Waals surface area contributed by atoms with Gasteiger partial charge in [0.15, 0.2) is 12.1 Å². The van der Waals surface area contributed by atoms with Gasteiger partial charge in [0, 0.05) is 47.8 Å². The number of ether oxygens (including phenoxy) is 2. The number of esters is 1. The lowest BCUT2D eigenvalue weighted by atomic mass is 9.82. The molecule has 3 aliphatic rings. The number of quaternary nitrogens is 1. The minimum atomic E-state index is -0.880. The van der Waals surface area contributed by atoms with Gasteiger partial charge in [-0.05, 0) is 24.3 Å². The highest BCUT2D eigenvalue weighted by Crippen LogP contribution is 2.37. The van der Waals surface area contributed by atoms with Crippen molar-refractivity contribution in [2.24, 2.45) is 5.92 Å². The number of nitrogens with zero attached hydrogens (tertiary/aromatic N) is 2. The van der Waals surface area contributed by atoms with Crippen molar-refractivity contribution in [3.05, 3.63) is 89.9 Å². The molecule has 6 rings (SSSR count). The molecule has 37 heavy (non-hydrogen) atoms. The Hall–Kier alpha value is -3.78. The van der Waals surface area contributed by atoms with Crippen LogP contribution in [0.4, 0.5) is 10.1 Å². The average molecular weight is 505 g/mol. The van der Waals surface area contributed by atoms with E-state index in [-0.39, 0.29) is 17.8 Å². The summed E-state index contributed by atoms with van der Waals surface area (Å²) in [6, 6.07) is 17.8. The molecule has 8 heteroatoms. The first-order chi connectivity index (χ1) is 17.9. The molecule has 1 unspecified atom stereocenters. The Kier molecular flexibility index (Phi) is 7.19. The van der Waals surface area contributed by atoms with E-state index >= 15 is 0 Å². The first-order valence-electron chi connectivity index (χ1n) is 12.6. The highest BCUT2D eigenvalue weighted by atomic mass is 19.1. The normalized spacial score (nSPS) is 23.2. The van der Waals surface area contributed by atoms with Crippen LogP contribution in [-0.4, -0.2) is 60.6 Å². The monoisotopic (exact) mass is 504 g/mol. The molecule has 3 fully saturated rings. The van der Waals surface area contributed by atoms with Crippen LogP contribution in [0.1, 0.15) is 34.8 Å². The molecule has 0 amide bonds. The Labute approximate surface area is 215 Å². The van der Waals surface area contributed by atoms with Gasteiger partial charge in [-0.2, -0.15) is 0 Å². The third-order valence-corrected chi connectivity index (χ3v) is 7.56. The summed E-state index contributed by atoms with van der Waals surface area (Å²) in [6.07, 6.45) is 3.08. The third-order valence-electron chi connectivity index (χ3n) is 7.56. The van der Waals surface area contributed by atoms with Crippen molar-refractivity contribution in [3.8, 4) is 5.88 Å². The minimum Gasteiger partial charge on any atom is -0.481 e. The lowest BCUT2D eigenvalue weighted by Gasteiger charge is -2.51. The second-order valence-corrected chi connectivity index (χ2v) is 9.95. The number of aromatic nitrogens is 1. The second-order valence-electron chi connectivity index (χ2n) is 9.95. The Morgan fingerprint density at radius 2 is 1.86 bits per heavy atom. The fraction of sp³-hybridized carbons (Fsp3) is 0.345. The topological polar surface area (TPSA) is 77.5 Å². The molecule has 1 N–H and O–H groups in total. The zero-order valence-electron chi connectivity index (χ0n) is 20.8. The van der Waals surface area contributed by atoms with E-state index in [2.05, 4.69) is 10.3 Å². The van der Waals surface area contributed by atoms with E-state index in [1.165, 1.54) is 19.2 Å². The number of anilines is 1. The lowest BCUT2D eigenvalue weighted by molar-refractivity contribution is -0.938. The van der Waals surface area contributed by atoms with Crippen LogP contribution in [0.3, 0.4) is 0 Å². The number of nitrogens with one attached hydrogen (secondary N) is 1. The Bertz CT molecular complexity index is 1240. The van der Waals surface area contributed by atoms with Gasteiger partial charge in [-0.15, -0.1) is 0 Å². The average Bonchev–Trinajstić information content (AvgIpc) is 2.93. The van der Waals surface area contributed by atoms with Crippen molar-refractivity contribution in [2.75, 3.05) is 38.6 Å². The molecule has 2 bridgehead atoms. The molecule has 2 aromatic carbocycles. The summed E-state index contributed by atoms with van der Waals surface area (Å²) < 4.78 is 25.8. The molecule has 0 radical (unpaired) electrons. The van der Waals surface area contributed by atoms with Gasteiger partial charge >= 0.3 is 5.97 Å². The van der Waals surface area contributed by atoms with E-state index in [4.69, 9.17) is 9.47 Å². The van der Waals surface area contributed by atoms with E-state index in [1.54, 1.807) is 30.5 Å². The number of fused-ring (bicyclic) bond motifs is 3. The van der Waals surface area contributed by atoms with Gasteiger partial charge < -0.3 is 19.3 Å². The number of hydrogen-bond acceptors (Lipinski definition) is 6. The predicted octanol–water partition coefficient (Wildman–Crippen LogP) is 4.42. The summed E-state index contributed by atoms with van der Waals surface area (Å²) in [5.74, 6) is -0.0616. The molecular weight excluding hydrogens is 473 g/mol. The third kappa shape index (κ3) is 5.64. The maximum absolute atomic E-state index is 13.8. The molecule has 1 aromatic heterocycles. The number of hydrogen-bond donors (Lipinski definition) is 1. The first kappa shape index (κ1) is 24.9. The van der Waals surface area contributed by atoms with Crippen LogP contribution in [0.15, 0.2) is 72.9 Å². The van der Waals surface area contributed by atoms with Crippen LogP contribution in [0.5, 0.6) is 5.88 Å². The van der Waals surface area contributed by atoms with Gasteiger partial charge in [0.2, 0.25) is 11.7 Å². The van der Waals surface area contributed by atoms with Crippen molar-refractivity contribution in [2.45, 2.75) is 25.0 Å². The smallest absolute Gasteiger partial charge is 0.333 e. The number of halogens is 1. The molecule has 7 nitrogen and oxygen atoms in total. The molecule has 4 heterocycles. The van der Waals surface area contributed by atoms with E-state index < -0.39 is 17.8 Å². The van der Waals surface area contributed by atoms with E-state index in [1.807, 2.05) is 30.3 Å². The predicted molar refractivity (Wildman–Crippen MR) is 137 cm³/mol. The molecule has 0 saturated carbocycles. The quantitative estimate of drug-likeness (QED) is 0.264. The number of piperidine rings is 3. The number of carbonyl (C=O) groups excluding carboxylic acids is 2. The lowest BCUT2D eigenvalue weighted by Crippen LogP contribution is -2.65. The Morgan fingerprint density at radius 3 is 2.54 bits per heavy atom. The summed E-state index contributed by atoms with van der Waals surface area (Å²) in [5.41, 5.74) is 1.76. The van der Waals surface area contributed by atoms with Crippen LogP contribution in [0.25, 0.3) is 0 Å². The summed E-state index contributed by atoms with van der Waals surface area (Å²) in [5, 5.41) is 3.12. The number of rotatable bonds is 9. The van der Waals surface area contributed by atoms with E-state index in [0.29, 0.717) is 40.3 Å². The standard InChI is InChI=1S/C29H31FN3O4/c1-36-27-11-10-22(17-31-27)28(32-24-9-5-8-23(30)16-24)29(35)37-26-19-33(14-12-21(26)13-15-33)18-25(34)20-6-3-2-4-7-20/h2-11,16-17,21,26,28,32H,12-15,18-19H2,1H3/q+1/t21?,26-,28?,33?/m0/s1. The fourth-order valence-electron chi connectivity index (χ4n) is 5.52. The van der Waals surface area contributed by atoms with E-state index in [9.17, 15) is 14.0 Å². The molecule has 0 spiro atoms. The van der Waals surface area contributed by atoms with Crippen LogP contribution in [-0.2, 0) is 9.53 Å². The highest BCUT2D eigenvalue weighted by Gasteiger charge is 2.49. The summed E-state index contributed by atoms with van der Waals surface area (Å²) in [7, 11) is 1.52. The van der Waals surface area contributed by atoms with Crippen molar-refractivity contribution in [1.29, 1.82) is 0 Å². The van der Waals surface area contributed by atoms with Crippen LogP contribution >= 0.6 is 0 Å². The van der Waals surface area contributed by atoms with Crippen molar-refractivity contribution in [3.63, 3.8) is 0 Å². The van der Waals surface area contributed by atoms with Gasteiger partial charge in [0.25, 0.3) is 0 Å². The van der Waals surface area contributed by atoms with Crippen LogP contribution in [0, 0.1) is 11.7 Å². The zero-order valence-corrected chi connectivity index (χ0v) is 20.8. The Morgan fingerprint density at radius 1 is 1.08 bits per heavy atom. The molecular formula is C29H31FN3O4+. The van der Waals surface area contributed by atoms with Gasteiger partial charge in [0.1, 0.15) is 18.9 Å². The zero-order chi connectivity index (χ0) is 25.8. The second kappa shape index (κ2) is 10.7. The van der Waals surface area contributed by atoms with Crippen molar-refractivity contribution >= 4 is 17.4 Å². The molecule has 3 aromatic rings. The minimum absolute atomic E-state index is 0.112. The SMILES string of the molecule is COc1ccc(C(Nc2cccc(F)c2)C(=O)O[C@H]2C[N+]3(CC(=O)c4ccccc4)CCC2CC3)cn1. The number of pyridine rings is 1. The number of ketones is 1. The fourth-order valence-corrected chi connectivity index (χ4v) is 5.52. The maximum atomic E-state index is 13.8. The van der Waals surface area contributed by atoms with Gasteiger partial charge in [0.05, 0.1) is 20.2 Å². The van der Waals surface area contributed by atoms with Crippen LogP contribution < -0.4 is 10.1 Å². The van der Waals surface area contributed by atoms with E-state index in [0.717, 1.165) is 25.9 Å². The highest BCUT2D eigenvalue weighted by molar-refractivity contribution is 5.97. The molecule has 3 aliphatic heterocycles. The van der Waals surface area contributed by atoms with Crippen LogP contribution in [0.2, 0.25) is 0 Å². The molecule has 192 valence electrons. The summed E-state index contributed by atoms with van der Waals surface area (Å²) in [6.45, 7) is 2.83. The van der Waals surface area contributed by atoms with Gasteiger partial charge in [-0.25, -0.2) is 14.2 Å². The number of methoxy groups -OCH3 is 1. The van der Waals surface area contributed by atoms with Gasteiger partial charge in [-0.1, -0.05) is 36.4 Å². The van der Waals surface area contributed by atoms with Crippen molar-refractivity contribution in [1.82, 2.24) is 4.98 Å². The first-order valence-corrected chi connectivity index (χ1v) is 12.6. The van der Waals surface area contributed by atoms with Gasteiger partial charge in [-0.3, -0.25) is 4.79 Å². The molecule has 2 atom stereocenters. The number of carbonyl (C=O) groups is 2. The maximum Gasteiger partial charge on any atom is 0.333 e. The number of benzene rings is 2. The summed E-state index contributed by atoms with van der Waals surface area (Å²) in [4.78, 5) is 30.8. The summed E-state index contributed by atoms with van der Waals surface area (Å²) >= 11 is 0. The Balaban J connectivity index is 1.33. The molecule has 3 saturated heterocycles. The molecule has 0 aliphatic carbocycles. The largest absolute Gasteiger partial charge is 0.481 e. The number of Topliss-reactive ketones (excluding diaryl/α,β-unsaturated/α-hetero) is 1. The van der Waals surface area contributed by atoms with Crippen molar-refractivity contribution < 1.29 is 27.9 Å².